The number of amides is 2. The zero-order valence-electron chi connectivity index (χ0n) is 15.8. The van der Waals surface area contributed by atoms with E-state index in [1.54, 1.807) is 0 Å². The maximum atomic E-state index is 10.8. The van der Waals surface area contributed by atoms with Gasteiger partial charge in [-0.2, -0.15) is 0 Å². The van der Waals surface area contributed by atoms with E-state index in [1.165, 1.54) is 28.7 Å². The molecule has 2 aromatic carbocycles. The SMILES string of the molecule is NC(=O)OC1CCCCC1.NC(=O)OCC1c2ccccc2-c2ccccc21. The molecule has 148 valence electrons. The van der Waals surface area contributed by atoms with Gasteiger partial charge >= 0.3 is 12.2 Å². The summed E-state index contributed by atoms with van der Waals surface area (Å²) in [5, 5.41) is 0. The molecule has 2 aliphatic carbocycles. The zero-order valence-corrected chi connectivity index (χ0v) is 15.8. The molecule has 0 saturated heterocycles. The first-order valence-electron chi connectivity index (χ1n) is 9.63. The smallest absolute Gasteiger partial charge is 0.404 e. The number of primary amides is 2. The lowest BCUT2D eigenvalue weighted by atomic mass is 9.98. The average molecular weight is 382 g/mol. The minimum absolute atomic E-state index is 0.0879. The Bertz CT molecular complexity index is 785. The average Bonchev–Trinajstić information content (AvgIpc) is 3.01. The summed E-state index contributed by atoms with van der Waals surface area (Å²) in [6.45, 7) is 0.295. The number of carbonyl (C=O) groups is 2. The van der Waals surface area contributed by atoms with Gasteiger partial charge in [-0.1, -0.05) is 55.0 Å². The fourth-order valence-corrected chi connectivity index (χ4v) is 3.95. The summed E-state index contributed by atoms with van der Waals surface area (Å²) in [4.78, 5) is 21.0. The van der Waals surface area contributed by atoms with Crippen LogP contribution < -0.4 is 11.5 Å². The van der Waals surface area contributed by atoms with Gasteiger partial charge in [-0.15, -0.1) is 0 Å². The quantitative estimate of drug-likeness (QED) is 0.825. The fraction of sp³-hybridized carbons (Fsp3) is 0.364. The van der Waals surface area contributed by atoms with Crippen LogP contribution in [0.2, 0.25) is 0 Å². The topological polar surface area (TPSA) is 105 Å². The van der Waals surface area contributed by atoms with Crippen molar-refractivity contribution in [3.05, 3.63) is 59.7 Å². The van der Waals surface area contributed by atoms with Crippen molar-refractivity contribution < 1.29 is 19.1 Å². The number of hydrogen-bond acceptors (Lipinski definition) is 4. The largest absolute Gasteiger partial charge is 0.449 e. The highest BCUT2D eigenvalue weighted by Gasteiger charge is 2.28. The van der Waals surface area contributed by atoms with Crippen molar-refractivity contribution in [1.29, 1.82) is 0 Å². The Morgan fingerprint density at radius 2 is 1.36 bits per heavy atom. The van der Waals surface area contributed by atoms with Crippen molar-refractivity contribution >= 4 is 12.2 Å². The Labute approximate surface area is 164 Å². The monoisotopic (exact) mass is 382 g/mol. The molecule has 0 heterocycles. The molecule has 4 rings (SSSR count). The second-order valence-electron chi connectivity index (χ2n) is 7.05. The van der Waals surface area contributed by atoms with Crippen LogP contribution in [0.3, 0.4) is 0 Å². The molecule has 0 spiro atoms. The highest BCUT2D eigenvalue weighted by Crippen LogP contribution is 2.44. The van der Waals surface area contributed by atoms with Crippen molar-refractivity contribution in [2.75, 3.05) is 6.61 Å². The lowest BCUT2D eigenvalue weighted by molar-refractivity contribution is 0.0829. The Kier molecular flexibility index (Phi) is 6.53. The van der Waals surface area contributed by atoms with E-state index in [-0.39, 0.29) is 12.0 Å². The Hall–Kier alpha value is -3.02. The third kappa shape index (κ3) is 4.82. The van der Waals surface area contributed by atoms with Gasteiger partial charge in [0.15, 0.2) is 0 Å². The van der Waals surface area contributed by atoms with Gasteiger partial charge in [-0.3, -0.25) is 0 Å². The first-order chi connectivity index (χ1) is 13.6. The van der Waals surface area contributed by atoms with Crippen LogP contribution in [0.1, 0.15) is 49.1 Å². The Morgan fingerprint density at radius 3 is 1.86 bits per heavy atom. The van der Waals surface area contributed by atoms with Gasteiger partial charge in [0.05, 0.1) is 0 Å². The summed E-state index contributed by atoms with van der Waals surface area (Å²) in [6.07, 6.45) is 4.32. The van der Waals surface area contributed by atoms with Crippen LogP contribution in [-0.4, -0.2) is 24.9 Å². The molecular weight excluding hydrogens is 356 g/mol. The molecule has 0 bridgehead atoms. The molecule has 6 heteroatoms. The molecule has 28 heavy (non-hydrogen) atoms. The van der Waals surface area contributed by atoms with E-state index in [2.05, 4.69) is 24.3 Å². The molecule has 2 amide bonds. The molecule has 1 fully saturated rings. The predicted molar refractivity (Wildman–Crippen MR) is 107 cm³/mol. The van der Waals surface area contributed by atoms with Crippen molar-refractivity contribution in [3.63, 3.8) is 0 Å². The summed E-state index contributed by atoms with van der Waals surface area (Å²) in [5.41, 5.74) is 14.7. The van der Waals surface area contributed by atoms with Gasteiger partial charge in [0.1, 0.15) is 12.7 Å². The standard InChI is InChI=1S/C15H13NO2.C7H13NO2/c16-15(17)18-9-14-12-7-3-1-5-10(12)11-6-2-4-8-13(11)14;8-7(9)10-6-4-2-1-3-5-6/h1-8,14H,9H2,(H2,16,17);6H,1-5H2,(H2,8,9). The van der Waals surface area contributed by atoms with E-state index >= 15 is 0 Å². The molecule has 2 aromatic rings. The van der Waals surface area contributed by atoms with E-state index in [9.17, 15) is 9.59 Å². The molecule has 0 aliphatic heterocycles. The number of rotatable bonds is 3. The highest BCUT2D eigenvalue weighted by atomic mass is 16.6. The number of hydrogen-bond donors (Lipinski definition) is 2. The second kappa shape index (κ2) is 9.26. The number of benzene rings is 2. The summed E-state index contributed by atoms with van der Waals surface area (Å²) >= 11 is 0. The van der Waals surface area contributed by atoms with Crippen molar-refractivity contribution in [2.24, 2.45) is 11.5 Å². The maximum absolute atomic E-state index is 10.8. The molecule has 2 aliphatic rings. The van der Waals surface area contributed by atoms with Crippen LogP contribution in [-0.2, 0) is 9.47 Å². The van der Waals surface area contributed by atoms with E-state index in [0.29, 0.717) is 6.61 Å². The Morgan fingerprint density at radius 1 is 0.821 bits per heavy atom. The molecule has 1 saturated carbocycles. The maximum Gasteiger partial charge on any atom is 0.404 e. The third-order valence-electron chi connectivity index (χ3n) is 5.19. The number of nitrogens with two attached hydrogens (primary N) is 2. The van der Waals surface area contributed by atoms with Crippen LogP contribution in [0.25, 0.3) is 11.1 Å². The first-order valence-corrected chi connectivity index (χ1v) is 9.63. The summed E-state index contributed by atoms with van der Waals surface area (Å²) in [6, 6.07) is 16.4. The van der Waals surface area contributed by atoms with Crippen molar-refractivity contribution in [3.8, 4) is 11.1 Å². The van der Waals surface area contributed by atoms with E-state index < -0.39 is 12.2 Å². The van der Waals surface area contributed by atoms with Gasteiger partial charge in [0.25, 0.3) is 0 Å². The normalized spacial score (nSPS) is 15.6. The molecule has 0 atom stereocenters. The first kappa shape index (κ1) is 19.7. The number of carbonyl (C=O) groups excluding carboxylic acids is 2. The third-order valence-corrected chi connectivity index (χ3v) is 5.19. The highest BCUT2D eigenvalue weighted by molar-refractivity contribution is 5.79. The van der Waals surface area contributed by atoms with Gasteiger partial charge in [-0.25, -0.2) is 9.59 Å². The fourth-order valence-electron chi connectivity index (χ4n) is 3.95. The zero-order chi connectivity index (χ0) is 19.9. The molecule has 0 radical (unpaired) electrons. The van der Waals surface area contributed by atoms with Crippen LogP contribution in [0.5, 0.6) is 0 Å². The lowest BCUT2D eigenvalue weighted by Crippen LogP contribution is -2.24. The van der Waals surface area contributed by atoms with Gasteiger partial charge in [0.2, 0.25) is 0 Å². The lowest BCUT2D eigenvalue weighted by Gasteiger charge is -2.20. The second-order valence-corrected chi connectivity index (χ2v) is 7.05. The summed E-state index contributed by atoms with van der Waals surface area (Å²) < 4.78 is 9.81. The van der Waals surface area contributed by atoms with Crippen LogP contribution in [0.15, 0.2) is 48.5 Å². The predicted octanol–water partition coefficient (Wildman–Crippen LogP) is 4.31. The minimum atomic E-state index is -0.725. The molecule has 0 unspecified atom stereocenters. The molecule has 4 N–H and O–H groups in total. The van der Waals surface area contributed by atoms with Gasteiger partial charge in [0, 0.05) is 5.92 Å². The van der Waals surface area contributed by atoms with Crippen LogP contribution >= 0.6 is 0 Å². The minimum Gasteiger partial charge on any atom is -0.449 e. The molecular formula is C22H26N2O4. The molecule has 0 aromatic heterocycles. The van der Waals surface area contributed by atoms with E-state index in [0.717, 1.165) is 25.7 Å². The van der Waals surface area contributed by atoms with Gasteiger partial charge in [-0.05, 0) is 47.9 Å². The van der Waals surface area contributed by atoms with Crippen molar-refractivity contribution in [2.45, 2.75) is 44.1 Å². The summed E-state index contributed by atoms with van der Waals surface area (Å²) in [5.74, 6) is 0.0879. The summed E-state index contributed by atoms with van der Waals surface area (Å²) in [7, 11) is 0. The van der Waals surface area contributed by atoms with E-state index in [1.807, 2.05) is 24.3 Å². The van der Waals surface area contributed by atoms with Gasteiger partial charge < -0.3 is 20.9 Å². The van der Waals surface area contributed by atoms with Crippen LogP contribution in [0, 0.1) is 0 Å². The van der Waals surface area contributed by atoms with E-state index in [4.69, 9.17) is 20.9 Å². The molecule has 6 nitrogen and oxygen atoms in total. The van der Waals surface area contributed by atoms with Crippen LogP contribution in [0.4, 0.5) is 9.59 Å². The Balaban J connectivity index is 0.000000192. The number of ether oxygens (including phenoxy) is 2. The van der Waals surface area contributed by atoms with Crippen molar-refractivity contribution in [1.82, 2.24) is 0 Å². The number of fused-ring (bicyclic) bond motifs is 3.